The molecule has 0 amide bonds. The Bertz CT molecular complexity index is 1450. The summed E-state index contributed by atoms with van der Waals surface area (Å²) in [5.74, 6) is -0.320. The number of aromatic hydroxyl groups is 1. The maximum atomic E-state index is 13.6. The third kappa shape index (κ3) is 4.92. The second-order valence-corrected chi connectivity index (χ2v) is 8.78. The minimum atomic E-state index is -4.73. The third-order valence-corrected chi connectivity index (χ3v) is 6.15. The van der Waals surface area contributed by atoms with Gasteiger partial charge in [0.25, 0.3) is 0 Å². The molecule has 0 saturated carbocycles. The number of benzene rings is 2. The smallest absolute Gasteiger partial charge is 0.435 e. The molecule has 0 spiro atoms. The summed E-state index contributed by atoms with van der Waals surface area (Å²) < 4.78 is 83.3. The largest absolute Gasteiger partial charge is 0.508 e. The van der Waals surface area contributed by atoms with Gasteiger partial charge in [0.1, 0.15) is 5.75 Å². The lowest BCUT2D eigenvalue weighted by atomic mass is 9.95. The van der Waals surface area contributed by atoms with E-state index in [0.717, 1.165) is 21.5 Å². The molecule has 2 aromatic carbocycles. The van der Waals surface area contributed by atoms with Crippen molar-refractivity contribution in [2.45, 2.75) is 46.0 Å². The van der Waals surface area contributed by atoms with E-state index in [1.807, 2.05) is 0 Å². The van der Waals surface area contributed by atoms with E-state index >= 15 is 0 Å². The van der Waals surface area contributed by atoms with E-state index in [0.29, 0.717) is 10.6 Å². The maximum Gasteiger partial charge on any atom is 0.435 e. The van der Waals surface area contributed by atoms with E-state index in [1.165, 1.54) is 13.0 Å². The number of phenolic OH excluding ortho intramolecular Hbond substituents is 1. The molecule has 0 aliphatic heterocycles. The summed E-state index contributed by atoms with van der Waals surface area (Å²) in [6.45, 7) is 4.76. The van der Waals surface area contributed by atoms with E-state index in [1.54, 1.807) is 38.1 Å². The maximum absolute atomic E-state index is 13.6. The Hall–Kier alpha value is -3.47. The van der Waals surface area contributed by atoms with Crippen molar-refractivity contribution in [2.24, 2.45) is 0 Å². The molecule has 0 saturated heterocycles. The summed E-state index contributed by atoms with van der Waals surface area (Å²) in [6.07, 6.45) is -9.12. The normalized spacial score (nSPS) is 12.4. The molecule has 1 N–H and O–H groups in total. The summed E-state index contributed by atoms with van der Waals surface area (Å²) in [5.41, 5.74) is -0.923. The Kier molecular flexibility index (Phi) is 6.78. The van der Waals surface area contributed by atoms with E-state index in [2.05, 4.69) is 10.2 Å². The Morgan fingerprint density at radius 2 is 1.41 bits per heavy atom. The average molecular weight is 543 g/mol. The van der Waals surface area contributed by atoms with Gasteiger partial charge in [-0.1, -0.05) is 37.6 Å². The van der Waals surface area contributed by atoms with Crippen LogP contribution in [-0.4, -0.2) is 24.7 Å². The van der Waals surface area contributed by atoms with Crippen LogP contribution in [0.4, 0.5) is 26.3 Å². The van der Waals surface area contributed by atoms with E-state index < -0.39 is 23.7 Å². The number of nitrogens with zero attached hydrogens (tertiary/aromatic N) is 4. The van der Waals surface area contributed by atoms with Gasteiger partial charge in [-0.3, -0.25) is 0 Å². The fraction of sp³-hybridized carbons (Fsp3) is 0.280. The molecule has 0 aliphatic carbocycles. The van der Waals surface area contributed by atoms with Gasteiger partial charge >= 0.3 is 12.4 Å². The Labute approximate surface area is 212 Å². The zero-order valence-corrected chi connectivity index (χ0v) is 20.6. The molecule has 37 heavy (non-hydrogen) atoms. The highest BCUT2D eigenvalue weighted by atomic mass is 35.5. The number of aromatic nitrogens is 4. The summed E-state index contributed by atoms with van der Waals surface area (Å²) in [4.78, 5) is 0. The van der Waals surface area contributed by atoms with Crippen LogP contribution in [0.2, 0.25) is 5.02 Å². The van der Waals surface area contributed by atoms with Crippen LogP contribution in [0.5, 0.6) is 5.75 Å². The van der Waals surface area contributed by atoms with Crippen LogP contribution in [-0.2, 0) is 25.2 Å². The first kappa shape index (κ1) is 26.6. The van der Waals surface area contributed by atoms with Gasteiger partial charge in [0, 0.05) is 33.6 Å². The first-order valence-electron chi connectivity index (χ1n) is 11.2. The molecule has 0 aliphatic rings. The van der Waals surface area contributed by atoms with Crippen molar-refractivity contribution in [3.05, 3.63) is 75.8 Å². The summed E-state index contributed by atoms with van der Waals surface area (Å²) >= 11 is 6.05. The van der Waals surface area contributed by atoms with Crippen molar-refractivity contribution in [1.29, 1.82) is 0 Å². The predicted molar refractivity (Wildman–Crippen MR) is 126 cm³/mol. The van der Waals surface area contributed by atoms with Crippen LogP contribution < -0.4 is 0 Å². The van der Waals surface area contributed by atoms with Crippen LogP contribution in [0.1, 0.15) is 42.2 Å². The Morgan fingerprint density at radius 3 is 1.92 bits per heavy atom. The van der Waals surface area contributed by atoms with Gasteiger partial charge < -0.3 is 5.11 Å². The van der Waals surface area contributed by atoms with Gasteiger partial charge in [-0.05, 0) is 49.6 Å². The number of hydrogen-bond acceptors (Lipinski definition) is 3. The number of aryl methyl sites for hydroxylation is 2. The molecular weight excluding hydrogens is 522 g/mol. The van der Waals surface area contributed by atoms with Crippen LogP contribution in [0.3, 0.4) is 0 Å². The number of alkyl halides is 6. The van der Waals surface area contributed by atoms with Crippen molar-refractivity contribution in [3.63, 3.8) is 0 Å². The second kappa shape index (κ2) is 9.44. The first-order valence-corrected chi connectivity index (χ1v) is 11.6. The van der Waals surface area contributed by atoms with Crippen LogP contribution >= 0.6 is 11.6 Å². The van der Waals surface area contributed by atoms with Crippen molar-refractivity contribution in [3.8, 4) is 28.3 Å². The van der Waals surface area contributed by atoms with Crippen molar-refractivity contribution in [1.82, 2.24) is 19.6 Å². The number of phenols is 1. The topological polar surface area (TPSA) is 55.9 Å². The Morgan fingerprint density at radius 1 is 0.838 bits per heavy atom. The predicted octanol–water partition coefficient (Wildman–Crippen LogP) is 7.55. The number of hydrogen-bond donors (Lipinski definition) is 1. The highest BCUT2D eigenvalue weighted by molar-refractivity contribution is 6.30. The molecule has 12 heteroatoms. The highest BCUT2D eigenvalue weighted by Crippen LogP contribution is 2.42. The second-order valence-electron chi connectivity index (χ2n) is 8.34. The fourth-order valence-electron chi connectivity index (χ4n) is 4.19. The molecule has 5 nitrogen and oxygen atoms in total. The van der Waals surface area contributed by atoms with Crippen LogP contribution in [0.15, 0.2) is 42.5 Å². The lowest BCUT2D eigenvalue weighted by Crippen LogP contribution is -2.13. The molecular formula is C25H21ClF6N4O. The lowest BCUT2D eigenvalue weighted by Gasteiger charge is -2.22. The zero-order chi connectivity index (χ0) is 27.3. The molecule has 4 aromatic rings. The van der Waals surface area contributed by atoms with Gasteiger partial charge in [0.15, 0.2) is 11.4 Å². The molecule has 0 fully saturated rings. The molecule has 196 valence electrons. The van der Waals surface area contributed by atoms with Crippen molar-refractivity contribution < 1.29 is 31.4 Å². The summed E-state index contributed by atoms with van der Waals surface area (Å²) in [6, 6.07) is 9.30. The molecule has 0 bridgehead atoms. The molecule has 0 unspecified atom stereocenters. The molecule has 2 aromatic heterocycles. The standard InChI is InChI=1S/C25H21ClF6N4O/c1-4-16-11-21(25(30,31)32)34-36(16)18-12-19(37)17(5-2)23(22(18)14-6-8-15(26)9-7-14)35-13(3)10-20(33-35)24(27,28)29/h6-12,37H,4-5H2,1-3H3. The van der Waals surface area contributed by atoms with Crippen molar-refractivity contribution >= 4 is 11.6 Å². The van der Waals surface area contributed by atoms with Crippen LogP contribution in [0.25, 0.3) is 22.5 Å². The third-order valence-electron chi connectivity index (χ3n) is 5.90. The van der Waals surface area contributed by atoms with E-state index in [4.69, 9.17) is 11.6 Å². The Balaban J connectivity index is 2.17. The minimum absolute atomic E-state index is 0.0443. The molecule has 0 atom stereocenters. The monoisotopic (exact) mass is 542 g/mol. The van der Waals surface area contributed by atoms with E-state index in [-0.39, 0.29) is 52.5 Å². The number of halogens is 7. The lowest BCUT2D eigenvalue weighted by molar-refractivity contribution is -0.142. The summed E-state index contributed by atoms with van der Waals surface area (Å²) in [5, 5.41) is 18.9. The summed E-state index contributed by atoms with van der Waals surface area (Å²) in [7, 11) is 0. The van der Waals surface area contributed by atoms with E-state index in [9.17, 15) is 31.4 Å². The van der Waals surface area contributed by atoms with Gasteiger partial charge in [0.2, 0.25) is 0 Å². The minimum Gasteiger partial charge on any atom is -0.508 e. The average Bonchev–Trinajstić information content (AvgIpc) is 3.42. The molecule has 4 rings (SSSR count). The number of rotatable bonds is 5. The van der Waals surface area contributed by atoms with Crippen molar-refractivity contribution in [2.75, 3.05) is 0 Å². The molecule has 2 heterocycles. The first-order chi connectivity index (χ1) is 17.3. The SMILES string of the molecule is CCc1c(O)cc(-n2nc(C(F)(F)F)cc2CC)c(-c2ccc(Cl)cc2)c1-n1nc(C(F)(F)F)cc1C. The quantitative estimate of drug-likeness (QED) is 0.265. The van der Waals surface area contributed by atoms with Crippen LogP contribution in [0, 0.1) is 6.92 Å². The zero-order valence-electron chi connectivity index (χ0n) is 19.8. The van der Waals surface area contributed by atoms with Gasteiger partial charge in [-0.2, -0.15) is 36.5 Å². The molecule has 0 radical (unpaired) electrons. The van der Waals surface area contributed by atoms with Gasteiger partial charge in [0.05, 0.1) is 11.4 Å². The highest BCUT2D eigenvalue weighted by Gasteiger charge is 2.37. The fourth-order valence-corrected chi connectivity index (χ4v) is 4.32. The van der Waals surface area contributed by atoms with Gasteiger partial charge in [-0.25, -0.2) is 9.36 Å². The van der Waals surface area contributed by atoms with Gasteiger partial charge in [-0.15, -0.1) is 0 Å².